The molecule has 1 aromatic carbocycles. The number of amides is 2. The van der Waals surface area contributed by atoms with Gasteiger partial charge in [0.15, 0.2) is 0 Å². The zero-order valence-corrected chi connectivity index (χ0v) is 17.7. The fourth-order valence-corrected chi connectivity index (χ4v) is 3.52. The van der Waals surface area contributed by atoms with Gasteiger partial charge in [-0.15, -0.1) is 0 Å². The normalized spacial score (nSPS) is 15.1. The van der Waals surface area contributed by atoms with E-state index in [0.717, 1.165) is 37.8 Å². The molecule has 0 bridgehead atoms. The Morgan fingerprint density at radius 1 is 1.11 bits per heavy atom. The van der Waals surface area contributed by atoms with Crippen LogP contribution < -0.4 is 0 Å². The molecular formula is C20H29Cl2N3O2. The van der Waals surface area contributed by atoms with Crippen LogP contribution in [0.15, 0.2) is 18.2 Å². The monoisotopic (exact) mass is 413 g/mol. The highest BCUT2D eigenvalue weighted by Crippen LogP contribution is 2.23. The van der Waals surface area contributed by atoms with Gasteiger partial charge in [-0.2, -0.15) is 0 Å². The molecule has 1 aliphatic rings. The smallest absolute Gasteiger partial charge is 0.242 e. The van der Waals surface area contributed by atoms with Crippen molar-refractivity contribution in [3.63, 3.8) is 0 Å². The number of hydrogen-bond acceptors (Lipinski definition) is 3. The van der Waals surface area contributed by atoms with Gasteiger partial charge < -0.3 is 14.7 Å². The summed E-state index contributed by atoms with van der Waals surface area (Å²) in [5, 5.41) is 0.985. The third-order valence-corrected chi connectivity index (χ3v) is 5.48. The first kappa shape index (κ1) is 22.0. The van der Waals surface area contributed by atoms with Crippen molar-refractivity contribution in [2.24, 2.45) is 0 Å². The summed E-state index contributed by atoms with van der Waals surface area (Å²) in [5.74, 6) is 0.0682. The molecule has 150 valence electrons. The predicted octanol–water partition coefficient (Wildman–Crippen LogP) is 3.68. The quantitative estimate of drug-likeness (QED) is 0.652. The van der Waals surface area contributed by atoms with Gasteiger partial charge in [0.05, 0.1) is 16.6 Å². The Bertz CT molecular complexity index is 652. The van der Waals surface area contributed by atoms with E-state index in [1.807, 2.05) is 25.1 Å². The lowest BCUT2D eigenvalue weighted by atomic mass is 10.2. The minimum atomic E-state index is -0.0184. The molecule has 1 saturated heterocycles. The molecule has 0 spiro atoms. The van der Waals surface area contributed by atoms with Crippen molar-refractivity contribution in [3.05, 3.63) is 33.8 Å². The lowest BCUT2D eigenvalue weighted by Gasteiger charge is -2.27. The second kappa shape index (κ2) is 10.9. The standard InChI is InChI=1S/C20H29Cl2N3O2/c1-23(2)10-6-12-24(14-16-8-9-17(21)18(22)13-16)20(27)15-25-11-5-3-4-7-19(25)26/h8-9,13H,3-7,10-12,14-15H2,1-2H3. The summed E-state index contributed by atoms with van der Waals surface area (Å²) in [6, 6.07) is 5.44. The molecule has 0 N–H and O–H groups in total. The molecule has 1 aromatic rings. The molecule has 1 aliphatic heterocycles. The van der Waals surface area contributed by atoms with Gasteiger partial charge >= 0.3 is 0 Å². The molecular weight excluding hydrogens is 385 g/mol. The number of halogens is 2. The van der Waals surface area contributed by atoms with Crippen molar-refractivity contribution in [1.82, 2.24) is 14.7 Å². The molecule has 5 nitrogen and oxygen atoms in total. The van der Waals surface area contributed by atoms with E-state index >= 15 is 0 Å². The van der Waals surface area contributed by atoms with E-state index in [1.165, 1.54) is 0 Å². The minimum absolute atomic E-state index is 0.0184. The number of nitrogens with zero attached hydrogens (tertiary/aromatic N) is 3. The van der Waals surface area contributed by atoms with Crippen LogP contribution in [0.2, 0.25) is 10.0 Å². The first-order chi connectivity index (χ1) is 12.9. The molecule has 1 heterocycles. The summed E-state index contributed by atoms with van der Waals surface area (Å²) in [4.78, 5) is 30.8. The average molecular weight is 414 g/mol. The van der Waals surface area contributed by atoms with Gasteiger partial charge in [0.1, 0.15) is 0 Å². The number of rotatable bonds is 8. The van der Waals surface area contributed by atoms with Gasteiger partial charge in [0, 0.05) is 26.1 Å². The van der Waals surface area contributed by atoms with Gasteiger partial charge in [-0.05, 0) is 57.6 Å². The summed E-state index contributed by atoms with van der Waals surface area (Å²) in [6.07, 6.45) is 4.34. The Kier molecular flexibility index (Phi) is 8.87. The Morgan fingerprint density at radius 3 is 2.59 bits per heavy atom. The van der Waals surface area contributed by atoms with E-state index < -0.39 is 0 Å². The van der Waals surface area contributed by atoms with E-state index in [-0.39, 0.29) is 18.4 Å². The Balaban J connectivity index is 2.05. The van der Waals surface area contributed by atoms with E-state index in [4.69, 9.17) is 23.2 Å². The van der Waals surface area contributed by atoms with Crippen molar-refractivity contribution < 1.29 is 9.59 Å². The van der Waals surface area contributed by atoms with Crippen molar-refractivity contribution >= 4 is 35.0 Å². The number of carbonyl (C=O) groups is 2. The van der Waals surface area contributed by atoms with Crippen molar-refractivity contribution in [3.8, 4) is 0 Å². The van der Waals surface area contributed by atoms with Crippen molar-refractivity contribution in [1.29, 1.82) is 0 Å². The molecule has 1 fully saturated rings. The maximum atomic E-state index is 13.0. The summed E-state index contributed by atoms with van der Waals surface area (Å²) in [6.45, 7) is 2.82. The molecule has 7 heteroatoms. The fraction of sp³-hybridized carbons (Fsp3) is 0.600. The van der Waals surface area contributed by atoms with Crippen LogP contribution in [0.1, 0.15) is 37.7 Å². The van der Waals surface area contributed by atoms with Gasteiger partial charge in [0.2, 0.25) is 11.8 Å². The zero-order chi connectivity index (χ0) is 19.8. The number of likely N-dealkylation sites (tertiary alicyclic amines) is 1. The van der Waals surface area contributed by atoms with Gasteiger partial charge in [0.25, 0.3) is 0 Å². The highest BCUT2D eigenvalue weighted by Gasteiger charge is 2.22. The maximum Gasteiger partial charge on any atom is 0.242 e. The number of benzene rings is 1. The fourth-order valence-electron chi connectivity index (χ4n) is 3.20. The third kappa shape index (κ3) is 7.32. The predicted molar refractivity (Wildman–Crippen MR) is 110 cm³/mol. The highest BCUT2D eigenvalue weighted by atomic mass is 35.5. The Hall–Kier alpha value is -1.30. The van der Waals surface area contributed by atoms with Crippen LogP contribution in [0.25, 0.3) is 0 Å². The van der Waals surface area contributed by atoms with Crippen molar-refractivity contribution in [2.45, 2.75) is 38.6 Å². The topological polar surface area (TPSA) is 43.9 Å². The molecule has 2 rings (SSSR count). The van der Waals surface area contributed by atoms with E-state index in [2.05, 4.69) is 4.90 Å². The molecule has 0 aliphatic carbocycles. The van der Waals surface area contributed by atoms with Crippen LogP contribution in [0, 0.1) is 0 Å². The Morgan fingerprint density at radius 2 is 1.89 bits per heavy atom. The zero-order valence-electron chi connectivity index (χ0n) is 16.2. The van der Waals surface area contributed by atoms with Gasteiger partial charge in [-0.1, -0.05) is 35.7 Å². The SMILES string of the molecule is CN(C)CCCN(Cc1ccc(Cl)c(Cl)c1)C(=O)CN1CCCCCC1=O. The number of carbonyl (C=O) groups excluding carboxylic acids is 2. The van der Waals surface area contributed by atoms with Crippen LogP contribution in [0.3, 0.4) is 0 Å². The molecule has 0 unspecified atom stereocenters. The van der Waals surface area contributed by atoms with Crippen LogP contribution in [0.4, 0.5) is 0 Å². The number of hydrogen-bond donors (Lipinski definition) is 0. The van der Waals surface area contributed by atoms with E-state index in [1.54, 1.807) is 17.0 Å². The Labute approximate surface area is 172 Å². The third-order valence-electron chi connectivity index (χ3n) is 4.74. The summed E-state index contributed by atoms with van der Waals surface area (Å²) < 4.78 is 0. The van der Waals surface area contributed by atoms with Gasteiger partial charge in [-0.3, -0.25) is 9.59 Å². The summed E-state index contributed by atoms with van der Waals surface area (Å²) in [7, 11) is 4.03. The molecule has 2 amide bonds. The molecule has 0 atom stereocenters. The summed E-state index contributed by atoms with van der Waals surface area (Å²) in [5.41, 5.74) is 0.935. The summed E-state index contributed by atoms with van der Waals surface area (Å²) >= 11 is 12.1. The van der Waals surface area contributed by atoms with Gasteiger partial charge in [-0.25, -0.2) is 0 Å². The van der Waals surface area contributed by atoms with E-state index in [9.17, 15) is 9.59 Å². The molecule has 0 saturated carbocycles. The first-order valence-corrected chi connectivity index (χ1v) is 10.3. The largest absolute Gasteiger partial charge is 0.337 e. The van der Waals surface area contributed by atoms with Crippen LogP contribution in [-0.2, 0) is 16.1 Å². The van der Waals surface area contributed by atoms with Crippen LogP contribution in [-0.4, -0.2) is 66.8 Å². The highest BCUT2D eigenvalue weighted by molar-refractivity contribution is 6.42. The minimum Gasteiger partial charge on any atom is -0.337 e. The lowest BCUT2D eigenvalue weighted by molar-refractivity contribution is -0.140. The van der Waals surface area contributed by atoms with E-state index in [0.29, 0.717) is 36.1 Å². The van der Waals surface area contributed by atoms with Crippen LogP contribution >= 0.6 is 23.2 Å². The average Bonchev–Trinajstić information content (AvgIpc) is 2.81. The van der Waals surface area contributed by atoms with Crippen LogP contribution in [0.5, 0.6) is 0 Å². The second-order valence-corrected chi connectivity index (χ2v) is 8.16. The molecule has 0 aromatic heterocycles. The molecule has 27 heavy (non-hydrogen) atoms. The lowest BCUT2D eigenvalue weighted by Crippen LogP contribution is -2.43. The second-order valence-electron chi connectivity index (χ2n) is 7.35. The molecule has 0 radical (unpaired) electrons. The van der Waals surface area contributed by atoms with Crippen molar-refractivity contribution in [2.75, 3.05) is 40.3 Å². The first-order valence-electron chi connectivity index (χ1n) is 9.51. The maximum absolute atomic E-state index is 13.0.